The number of hydrogen-bond donors (Lipinski definition) is 1. The lowest BCUT2D eigenvalue weighted by molar-refractivity contribution is 0.0128. The molecule has 1 N–H and O–H groups in total. The van der Waals surface area contributed by atoms with Crippen LogP contribution < -0.4 is 24.3 Å². The highest BCUT2D eigenvalue weighted by molar-refractivity contribution is 5.95. The van der Waals surface area contributed by atoms with Crippen molar-refractivity contribution in [2.45, 2.75) is 39.0 Å². The summed E-state index contributed by atoms with van der Waals surface area (Å²) in [5, 5.41) is 3.45. The van der Waals surface area contributed by atoms with Crippen molar-refractivity contribution < 1.29 is 33.2 Å². The molecule has 1 amide bonds. The van der Waals surface area contributed by atoms with Crippen molar-refractivity contribution in [1.82, 2.24) is 10.2 Å². The molecule has 0 spiro atoms. The summed E-state index contributed by atoms with van der Waals surface area (Å²) in [5.74, 6) is 3.50. The maximum atomic E-state index is 13.7. The van der Waals surface area contributed by atoms with Crippen molar-refractivity contribution in [3.8, 4) is 28.7 Å². The van der Waals surface area contributed by atoms with Gasteiger partial charge in [0.2, 0.25) is 0 Å². The molecule has 232 valence electrons. The minimum Gasteiger partial charge on any atom is -0.497 e. The number of nitrogens with zero attached hydrogens (tertiary/aromatic N) is 1. The summed E-state index contributed by atoms with van der Waals surface area (Å²) in [5.41, 5.74) is 1.58. The van der Waals surface area contributed by atoms with Gasteiger partial charge in [0.05, 0.1) is 33.5 Å². The van der Waals surface area contributed by atoms with Crippen molar-refractivity contribution in [2.24, 2.45) is 5.92 Å². The summed E-state index contributed by atoms with van der Waals surface area (Å²) in [6.45, 7) is 7.67. The van der Waals surface area contributed by atoms with Gasteiger partial charge in [-0.25, -0.2) is 0 Å². The molecule has 0 unspecified atom stereocenters. The number of carbonyl (C=O) groups excluding carboxylic acids is 1. The molecule has 9 nitrogen and oxygen atoms in total. The molecule has 9 heteroatoms. The summed E-state index contributed by atoms with van der Waals surface area (Å²) >= 11 is 0. The van der Waals surface area contributed by atoms with Crippen LogP contribution >= 0.6 is 0 Å². The maximum Gasteiger partial charge on any atom is 0.254 e. The van der Waals surface area contributed by atoms with Gasteiger partial charge < -0.3 is 38.6 Å². The zero-order valence-corrected chi connectivity index (χ0v) is 25.8. The first-order valence-electron chi connectivity index (χ1n) is 14.8. The van der Waals surface area contributed by atoms with Crippen molar-refractivity contribution in [3.63, 3.8) is 0 Å². The van der Waals surface area contributed by atoms with Gasteiger partial charge in [-0.05, 0) is 74.0 Å². The number of ether oxygens (including phenoxy) is 6. The van der Waals surface area contributed by atoms with Gasteiger partial charge in [-0.2, -0.15) is 0 Å². The standard InChI is InChI=1S/C34H44N2O7/c1-24(2)36(34(37)26-10-15-31(40-5)32(19-26)41-17-7-16-38-3)22-27-20-35-21-33(27)42-23-25-8-6-9-30(18-25)43-29-13-11-28(39-4)12-14-29/h6,8-15,18-19,24,27,33,35H,7,16-17,20-23H2,1-5H3/t27-,33+/m0/s1. The zero-order valence-electron chi connectivity index (χ0n) is 25.8. The van der Waals surface area contributed by atoms with E-state index in [1.165, 1.54) is 0 Å². The third kappa shape index (κ3) is 9.10. The zero-order chi connectivity index (χ0) is 30.6. The molecule has 0 aromatic heterocycles. The molecule has 1 aliphatic rings. The number of hydrogen-bond acceptors (Lipinski definition) is 8. The minimum atomic E-state index is -0.0478. The molecule has 43 heavy (non-hydrogen) atoms. The summed E-state index contributed by atoms with van der Waals surface area (Å²) in [4.78, 5) is 15.6. The number of amides is 1. The van der Waals surface area contributed by atoms with Gasteiger partial charge in [-0.3, -0.25) is 4.79 Å². The quantitative estimate of drug-likeness (QED) is 0.216. The molecule has 0 radical (unpaired) electrons. The van der Waals surface area contributed by atoms with Crippen molar-refractivity contribution in [2.75, 3.05) is 54.2 Å². The highest BCUT2D eigenvalue weighted by atomic mass is 16.5. The number of methoxy groups -OCH3 is 3. The van der Waals surface area contributed by atoms with Gasteiger partial charge in [0.15, 0.2) is 11.5 Å². The first-order valence-corrected chi connectivity index (χ1v) is 14.8. The fourth-order valence-corrected chi connectivity index (χ4v) is 5.02. The highest BCUT2D eigenvalue weighted by Gasteiger charge is 2.32. The Morgan fingerprint density at radius 2 is 1.67 bits per heavy atom. The minimum absolute atomic E-state index is 0.00806. The molecule has 0 aliphatic carbocycles. The van der Waals surface area contributed by atoms with Crippen molar-refractivity contribution in [1.29, 1.82) is 0 Å². The second kappa shape index (κ2) is 16.2. The van der Waals surface area contributed by atoms with Gasteiger partial charge in [0, 0.05) is 57.3 Å². The molecule has 3 aromatic rings. The van der Waals surface area contributed by atoms with E-state index in [4.69, 9.17) is 28.4 Å². The topological polar surface area (TPSA) is 87.7 Å². The number of rotatable bonds is 16. The van der Waals surface area contributed by atoms with Crippen LogP contribution in [0.4, 0.5) is 0 Å². The van der Waals surface area contributed by atoms with Crippen molar-refractivity contribution >= 4 is 5.91 Å². The largest absolute Gasteiger partial charge is 0.497 e. The molecule has 1 saturated heterocycles. The third-order valence-electron chi connectivity index (χ3n) is 7.41. The lowest BCUT2D eigenvalue weighted by atomic mass is 10.0. The van der Waals surface area contributed by atoms with Gasteiger partial charge in [0.1, 0.15) is 17.2 Å². The predicted octanol–water partition coefficient (Wildman–Crippen LogP) is 5.57. The number of benzene rings is 3. The van der Waals surface area contributed by atoms with Crippen LogP contribution in [0.1, 0.15) is 36.2 Å². The SMILES string of the molecule is COCCCOc1cc(C(=O)N(C[C@@H]2CNC[C@H]2OCc2cccc(Oc3ccc(OC)cc3)c2)C(C)C)ccc1OC. The molecule has 0 saturated carbocycles. The van der Waals surface area contributed by atoms with Gasteiger partial charge >= 0.3 is 0 Å². The van der Waals surface area contributed by atoms with E-state index in [2.05, 4.69) is 5.32 Å². The molecule has 1 heterocycles. The lowest BCUT2D eigenvalue weighted by Crippen LogP contribution is -2.43. The average Bonchev–Trinajstić information content (AvgIpc) is 3.48. The maximum absolute atomic E-state index is 13.7. The highest BCUT2D eigenvalue weighted by Crippen LogP contribution is 2.30. The van der Waals surface area contributed by atoms with E-state index in [9.17, 15) is 4.79 Å². The molecule has 1 fully saturated rings. The lowest BCUT2D eigenvalue weighted by Gasteiger charge is -2.31. The Bertz CT molecular complexity index is 1300. The molecule has 0 bridgehead atoms. The normalized spacial score (nSPS) is 16.2. The fourth-order valence-electron chi connectivity index (χ4n) is 5.02. The Labute approximate surface area is 255 Å². The first kappa shape index (κ1) is 32.1. The summed E-state index contributed by atoms with van der Waals surface area (Å²) in [6.07, 6.45) is 0.710. The second-order valence-corrected chi connectivity index (χ2v) is 10.8. The Kier molecular flexibility index (Phi) is 12.1. The van der Waals surface area contributed by atoms with E-state index < -0.39 is 0 Å². The molecule has 2 atom stereocenters. The van der Waals surface area contributed by atoms with Crippen LogP contribution in [0.3, 0.4) is 0 Å². The Hall–Kier alpha value is -3.79. The smallest absolute Gasteiger partial charge is 0.254 e. The third-order valence-corrected chi connectivity index (χ3v) is 7.41. The summed E-state index contributed by atoms with van der Waals surface area (Å²) in [6, 6.07) is 20.8. The van der Waals surface area contributed by atoms with Gasteiger partial charge in [-0.1, -0.05) is 12.1 Å². The van der Waals surface area contributed by atoms with Crippen LogP contribution in [-0.4, -0.2) is 77.1 Å². The Balaban J connectivity index is 1.37. The molecule has 1 aliphatic heterocycles. The number of carbonyl (C=O) groups is 1. The van der Waals surface area contributed by atoms with E-state index in [1.54, 1.807) is 39.5 Å². The van der Waals surface area contributed by atoms with Crippen LogP contribution in [0.25, 0.3) is 0 Å². The molecule has 4 rings (SSSR count). The van der Waals surface area contributed by atoms with Crippen LogP contribution in [-0.2, 0) is 16.1 Å². The average molecular weight is 593 g/mol. The number of nitrogens with one attached hydrogen (secondary N) is 1. The fraction of sp³-hybridized carbons (Fsp3) is 0.441. The molecular formula is C34H44N2O7. The summed E-state index contributed by atoms with van der Waals surface area (Å²) < 4.78 is 34.1. The molecule has 3 aromatic carbocycles. The van der Waals surface area contributed by atoms with Gasteiger partial charge in [-0.15, -0.1) is 0 Å². The molecular weight excluding hydrogens is 548 g/mol. The van der Waals surface area contributed by atoms with E-state index in [0.29, 0.717) is 43.4 Å². The Morgan fingerprint density at radius 3 is 2.40 bits per heavy atom. The van der Waals surface area contributed by atoms with Crippen LogP contribution in [0.5, 0.6) is 28.7 Å². The van der Waals surface area contributed by atoms with E-state index >= 15 is 0 Å². The van der Waals surface area contributed by atoms with E-state index in [-0.39, 0.29) is 24.0 Å². The summed E-state index contributed by atoms with van der Waals surface area (Å²) in [7, 11) is 4.89. The van der Waals surface area contributed by atoms with Crippen LogP contribution in [0.2, 0.25) is 0 Å². The Morgan fingerprint density at radius 1 is 0.884 bits per heavy atom. The van der Waals surface area contributed by atoms with Crippen LogP contribution in [0.15, 0.2) is 66.7 Å². The van der Waals surface area contributed by atoms with Gasteiger partial charge in [0.25, 0.3) is 5.91 Å². The predicted molar refractivity (Wildman–Crippen MR) is 166 cm³/mol. The second-order valence-electron chi connectivity index (χ2n) is 10.8. The van der Waals surface area contributed by atoms with E-state index in [1.807, 2.05) is 67.3 Å². The monoisotopic (exact) mass is 592 g/mol. The van der Waals surface area contributed by atoms with Crippen molar-refractivity contribution in [3.05, 3.63) is 77.9 Å². The van der Waals surface area contributed by atoms with Crippen LogP contribution in [0, 0.1) is 5.92 Å². The van der Waals surface area contributed by atoms with E-state index in [0.717, 1.165) is 42.3 Å². The first-order chi connectivity index (χ1) is 20.9.